The normalized spacial score (nSPS) is 14.3. The topological polar surface area (TPSA) is 57.5 Å². The second-order valence-corrected chi connectivity index (χ2v) is 5.55. The second kappa shape index (κ2) is 18.2. The maximum Gasteiger partial charge on any atom is 0.303 e. The summed E-state index contributed by atoms with van der Waals surface area (Å²) in [7, 11) is 0. The first-order valence-corrected chi connectivity index (χ1v) is 9.00. The minimum Gasteiger partial charge on any atom is -0.481 e. The molecule has 0 aromatic rings. The van der Waals surface area contributed by atoms with Crippen LogP contribution in [0.1, 0.15) is 51.9 Å². The lowest BCUT2D eigenvalue weighted by molar-refractivity contribution is -0.136. The van der Waals surface area contributed by atoms with Crippen LogP contribution in [0, 0.1) is 0 Å². The molecule has 0 spiro atoms. The van der Waals surface area contributed by atoms with Crippen LogP contribution in [0.15, 0.2) is 72.9 Å². The van der Waals surface area contributed by atoms with E-state index in [0.717, 1.165) is 25.7 Å². The molecule has 25 heavy (non-hydrogen) atoms. The summed E-state index contributed by atoms with van der Waals surface area (Å²) in [5, 5.41) is 18.2. The average molecular weight is 344 g/mol. The molecule has 0 rings (SSSR count). The molecule has 3 heteroatoms. The molecule has 0 aliphatic carbocycles. The van der Waals surface area contributed by atoms with Gasteiger partial charge in [-0.2, -0.15) is 0 Å². The summed E-state index contributed by atoms with van der Waals surface area (Å²) in [4.78, 5) is 10.3. The van der Waals surface area contributed by atoms with Crippen molar-refractivity contribution in [2.24, 2.45) is 0 Å². The highest BCUT2D eigenvalue weighted by atomic mass is 16.4. The SMILES string of the molecule is CC/C=C/C[C@@H](O)/C=C/C=C/C/C=C/C/C=C/C/C=C/CCC(=O)O. The van der Waals surface area contributed by atoms with Gasteiger partial charge in [-0.3, -0.25) is 4.79 Å². The lowest BCUT2D eigenvalue weighted by atomic mass is 10.2. The van der Waals surface area contributed by atoms with E-state index in [2.05, 4.69) is 43.4 Å². The molecule has 3 nitrogen and oxygen atoms in total. The summed E-state index contributed by atoms with van der Waals surface area (Å²) >= 11 is 0. The average Bonchev–Trinajstić information content (AvgIpc) is 2.58. The first kappa shape index (κ1) is 22.9. The lowest BCUT2D eigenvalue weighted by Gasteiger charge is -1.98. The fourth-order valence-corrected chi connectivity index (χ4v) is 1.87. The van der Waals surface area contributed by atoms with Crippen molar-refractivity contribution >= 4 is 5.97 Å². The van der Waals surface area contributed by atoms with Gasteiger partial charge in [-0.1, -0.05) is 79.8 Å². The molecular formula is C22H32O3. The Morgan fingerprint density at radius 3 is 2.04 bits per heavy atom. The van der Waals surface area contributed by atoms with Crippen LogP contribution in [0.5, 0.6) is 0 Å². The molecular weight excluding hydrogens is 312 g/mol. The zero-order valence-corrected chi connectivity index (χ0v) is 15.3. The van der Waals surface area contributed by atoms with Gasteiger partial charge in [0.2, 0.25) is 0 Å². The molecule has 0 heterocycles. The number of carboxylic acid groups (broad SMARTS) is 1. The van der Waals surface area contributed by atoms with Crippen LogP contribution >= 0.6 is 0 Å². The van der Waals surface area contributed by atoms with Gasteiger partial charge in [0.05, 0.1) is 6.10 Å². The number of hydrogen-bond acceptors (Lipinski definition) is 2. The quantitative estimate of drug-likeness (QED) is 0.322. The Bertz CT molecular complexity index is 493. The number of carboxylic acids is 1. The van der Waals surface area contributed by atoms with Crippen LogP contribution in [0.25, 0.3) is 0 Å². The number of rotatable bonds is 14. The van der Waals surface area contributed by atoms with E-state index in [1.165, 1.54) is 0 Å². The molecule has 2 N–H and O–H groups in total. The predicted octanol–water partition coefficient (Wildman–Crippen LogP) is 5.52. The molecule has 0 aliphatic heterocycles. The Morgan fingerprint density at radius 2 is 1.44 bits per heavy atom. The predicted molar refractivity (Wildman–Crippen MR) is 106 cm³/mol. The van der Waals surface area contributed by atoms with Crippen LogP contribution in [0.3, 0.4) is 0 Å². The summed E-state index contributed by atoms with van der Waals surface area (Å²) in [5.41, 5.74) is 0. The fraction of sp³-hybridized carbons (Fsp3) is 0.409. The van der Waals surface area contributed by atoms with E-state index in [-0.39, 0.29) is 6.42 Å². The number of allylic oxidation sites excluding steroid dienone is 10. The fourth-order valence-electron chi connectivity index (χ4n) is 1.87. The van der Waals surface area contributed by atoms with Gasteiger partial charge in [-0.15, -0.1) is 0 Å². The molecule has 0 bridgehead atoms. The third-order valence-electron chi connectivity index (χ3n) is 3.20. The van der Waals surface area contributed by atoms with E-state index >= 15 is 0 Å². The minimum atomic E-state index is -0.754. The lowest BCUT2D eigenvalue weighted by Crippen LogP contribution is -1.98. The Balaban J connectivity index is 3.66. The van der Waals surface area contributed by atoms with Crippen LogP contribution < -0.4 is 0 Å². The molecule has 0 saturated carbocycles. The van der Waals surface area contributed by atoms with E-state index in [4.69, 9.17) is 5.11 Å². The third kappa shape index (κ3) is 19.8. The largest absolute Gasteiger partial charge is 0.481 e. The van der Waals surface area contributed by atoms with Gasteiger partial charge >= 0.3 is 5.97 Å². The number of aliphatic carboxylic acids is 1. The number of aliphatic hydroxyl groups is 1. The second-order valence-electron chi connectivity index (χ2n) is 5.55. The van der Waals surface area contributed by atoms with E-state index in [0.29, 0.717) is 12.8 Å². The molecule has 0 saturated heterocycles. The number of carbonyl (C=O) groups is 1. The highest BCUT2D eigenvalue weighted by molar-refractivity contribution is 5.66. The van der Waals surface area contributed by atoms with Crippen molar-refractivity contribution in [3.05, 3.63) is 72.9 Å². The zero-order valence-electron chi connectivity index (χ0n) is 15.3. The summed E-state index contributed by atoms with van der Waals surface area (Å²) in [6, 6.07) is 0. The minimum absolute atomic E-state index is 0.195. The van der Waals surface area contributed by atoms with Crippen molar-refractivity contribution < 1.29 is 15.0 Å². The molecule has 0 amide bonds. The molecule has 0 aromatic heterocycles. The van der Waals surface area contributed by atoms with Crippen molar-refractivity contribution in [2.75, 3.05) is 0 Å². The molecule has 138 valence electrons. The molecule has 0 radical (unpaired) electrons. The summed E-state index contributed by atoms with van der Waals surface area (Å²) in [6.07, 6.45) is 28.7. The van der Waals surface area contributed by atoms with Crippen LogP contribution in [-0.2, 0) is 4.79 Å². The zero-order chi connectivity index (χ0) is 18.6. The summed E-state index contributed by atoms with van der Waals surface area (Å²) in [6.45, 7) is 2.08. The van der Waals surface area contributed by atoms with E-state index in [9.17, 15) is 9.90 Å². The van der Waals surface area contributed by atoms with Gasteiger partial charge in [0.15, 0.2) is 0 Å². The van der Waals surface area contributed by atoms with E-state index in [1.807, 2.05) is 30.4 Å². The maximum atomic E-state index is 10.3. The molecule has 0 unspecified atom stereocenters. The molecule has 1 atom stereocenters. The van der Waals surface area contributed by atoms with Gasteiger partial charge in [-0.05, 0) is 38.5 Å². The van der Waals surface area contributed by atoms with Gasteiger partial charge in [0.1, 0.15) is 0 Å². The number of hydrogen-bond donors (Lipinski definition) is 2. The first-order valence-electron chi connectivity index (χ1n) is 9.00. The van der Waals surface area contributed by atoms with Crippen molar-refractivity contribution in [2.45, 2.75) is 58.0 Å². The Kier molecular flexibility index (Phi) is 16.7. The number of aliphatic hydroxyl groups excluding tert-OH is 1. The monoisotopic (exact) mass is 344 g/mol. The maximum absolute atomic E-state index is 10.3. The Hall–Kier alpha value is -2.13. The highest BCUT2D eigenvalue weighted by Gasteiger charge is 1.92. The summed E-state index contributed by atoms with van der Waals surface area (Å²) in [5.74, 6) is -0.754. The van der Waals surface area contributed by atoms with Crippen molar-refractivity contribution in [1.82, 2.24) is 0 Å². The smallest absolute Gasteiger partial charge is 0.303 e. The third-order valence-corrected chi connectivity index (χ3v) is 3.20. The van der Waals surface area contributed by atoms with Crippen LogP contribution in [0.2, 0.25) is 0 Å². The van der Waals surface area contributed by atoms with E-state index < -0.39 is 12.1 Å². The van der Waals surface area contributed by atoms with Gasteiger partial charge < -0.3 is 10.2 Å². The van der Waals surface area contributed by atoms with Crippen LogP contribution in [-0.4, -0.2) is 22.3 Å². The van der Waals surface area contributed by atoms with Gasteiger partial charge in [0, 0.05) is 6.42 Å². The van der Waals surface area contributed by atoms with Crippen molar-refractivity contribution in [3.63, 3.8) is 0 Å². The summed E-state index contributed by atoms with van der Waals surface area (Å²) < 4.78 is 0. The van der Waals surface area contributed by atoms with Gasteiger partial charge in [0.25, 0.3) is 0 Å². The highest BCUT2D eigenvalue weighted by Crippen LogP contribution is 1.98. The Labute approximate surface area is 152 Å². The first-order chi connectivity index (χ1) is 12.2. The molecule has 0 aromatic carbocycles. The van der Waals surface area contributed by atoms with Crippen molar-refractivity contribution in [1.29, 1.82) is 0 Å². The Morgan fingerprint density at radius 1 is 0.840 bits per heavy atom. The molecule has 0 aliphatic rings. The molecule has 0 fully saturated rings. The van der Waals surface area contributed by atoms with Crippen molar-refractivity contribution in [3.8, 4) is 0 Å². The van der Waals surface area contributed by atoms with E-state index in [1.54, 1.807) is 6.08 Å². The van der Waals surface area contributed by atoms with Gasteiger partial charge in [-0.25, -0.2) is 0 Å². The standard InChI is InChI=1S/C22H32O3/c1-2-3-15-18-21(23)19-16-13-11-9-7-5-4-6-8-10-12-14-17-20-22(24)25/h3,5-8,11-16,19,21,23H,2,4,9-10,17-18,20H2,1H3,(H,24,25)/b7-5+,8-6+,13-11+,14-12+,15-3+,19-16+/t21-/m1/s1. The van der Waals surface area contributed by atoms with Crippen LogP contribution in [0.4, 0.5) is 0 Å².